The predicted octanol–water partition coefficient (Wildman–Crippen LogP) is 3.43. The number of hydrogen-bond acceptors (Lipinski definition) is 3. The first-order chi connectivity index (χ1) is 13.6. The van der Waals surface area contributed by atoms with Crippen molar-refractivity contribution in [3.05, 3.63) is 58.8 Å². The summed E-state index contributed by atoms with van der Waals surface area (Å²) in [5, 5.41) is 2.96. The van der Waals surface area contributed by atoms with Crippen molar-refractivity contribution < 1.29 is 9.59 Å². The average molecular weight is 441 g/mol. The Labute approximate surface area is 171 Å². The van der Waals surface area contributed by atoms with Crippen LogP contribution < -0.4 is 10.2 Å². The van der Waals surface area contributed by atoms with Crippen LogP contribution >= 0.6 is 15.9 Å². The van der Waals surface area contributed by atoms with Crippen LogP contribution in [0.25, 0.3) is 11.0 Å². The number of fused-ring (bicyclic) bond motifs is 1. The number of aromatic nitrogens is 2. The fourth-order valence-electron chi connectivity index (χ4n) is 3.49. The Bertz CT molecular complexity index is 966. The van der Waals surface area contributed by atoms with Gasteiger partial charge in [0.25, 0.3) is 0 Å². The molecule has 4 rings (SSSR count). The zero-order valence-corrected chi connectivity index (χ0v) is 16.9. The van der Waals surface area contributed by atoms with Gasteiger partial charge in [0.15, 0.2) is 0 Å². The van der Waals surface area contributed by atoms with Crippen LogP contribution in [0, 0.1) is 5.92 Å². The summed E-state index contributed by atoms with van der Waals surface area (Å²) >= 11 is 3.39. The molecule has 2 N–H and O–H groups in total. The maximum Gasteiger partial charge on any atom is 0.227 e. The van der Waals surface area contributed by atoms with Gasteiger partial charge in [0, 0.05) is 36.1 Å². The summed E-state index contributed by atoms with van der Waals surface area (Å²) in [5.74, 6) is 0.553. The number of rotatable bonds is 6. The van der Waals surface area contributed by atoms with Crippen molar-refractivity contribution >= 4 is 44.5 Å². The molecule has 0 aliphatic carbocycles. The quantitative estimate of drug-likeness (QED) is 0.576. The second kappa shape index (κ2) is 8.14. The van der Waals surface area contributed by atoms with Crippen LogP contribution in [-0.4, -0.2) is 34.9 Å². The van der Waals surface area contributed by atoms with Crippen molar-refractivity contribution in [2.24, 2.45) is 5.92 Å². The van der Waals surface area contributed by atoms with Gasteiger partial charge in [0.1, 0.15) is 5.82 Å². The highest BCUT2D eigenvalue weighted by molar-refractivity contribution is 9.10. The normalized spacial score (nSPS) is 16.7. The number of anilines is 1. The standard InChI is InChI=1S/C21H21BrN4O2/c22-15-7-9-16(10-8-15)26-13-14(12-20(26)27)21(28)23-11-3-6-19-24-17-4-1-2-5-18(17)25-19/h1-2,4-5,7-10,14H,3,6,11-13H2,(H,23,28)(H,24,25)/t14-/m0/s1. The second-order valence-corrected chi connectivity index (χ2v) is 7.89. The average Bonchev–Trinajstić information content (AvgIpc) is 3.29. The maximum atomic E-state index is 12.5. The molecule has 1 aliphatic rings. The Morgan fingerprint density at radius 2 is 2.00 bits per heavy atom. The zero-order valence-electron chi connectivity index (χ0n) is 15.3. The topological polar surface area (TPSA) is 78.1 Å². The molecule has 3 aromatic rings. The molecule has 1 aliphatic heterocycles. The molecule has 7 heteroatoms. The summed E-state index contributed by atoms with van der Waals surface area (Å²) in [5.41, 5.74) is 2.81. The van der Waals surface area contributed by atoms with E-state index >= 15 is 0 Å². The van der Waals surface area contributed by atoms with E-state index in [1.54, 1.807) is 4.90 Å². The number of nitrogens with zero attached hydrogens (tertiary/aromatic N) is 2. The van der Waals surface area contributed by atoms with E-state index in [2.05, 4.69) is 31.2 Å². The van der Waals surface area contributed by atoms with Gasteiger partial charge in [-0.1, -0.05) is 28.1 Å². The van der Waals surface area contributed by atoms with Gasteiger partial charge in [-0.2, -0.15) is 0 Å². The minimum absolute atomic E-state index is 0.00949. The molecule has 1 aromatic heterocycles. The Hall–Kier alpha value is -2.67. The molecular weight excluding hydrogens is 420 g/mol. The molecule has 6 nitrogen and oxygen atoms in total. The summed E-state index contributed by atoms with van der Waals surface area (Å²) in [6.45, 7) is 0.995. The van der Waals surface area contributed by atoms with Crippen LogP contribution in [0.3, 0.4) is 0 Å². The second-order valence-electron chi connectivity index (χ2n) is 6.98. The lowest BCUT2D eigenvalue weighted by molar-refractivity contribution is -0.126. The van der Waals surface area contributed by atoms with Crippen molar-refractivity contribution in [1.29, 1.82) is 0 Å². The highest BCUT2D eigenvalue weighted by Crippen LogP contribution is 2.26. The fourth-order valence-corrected chi connectivity index (χ4v) is 3.75. The number of carbonyl (C=O) groups excluding carboxylic acids is 2. The first-order valence-electron chi connectivity index (χ1n) is 9.37. The van der Waals surface area contributed by atoms with Gasteiger partial charge in [-0.05, 0) is 42.8 Å². The molecule has 0 spiro atoms. The molecule has 0 radical (unpaired) electrons. The van der Waals surface area contributed by atoms with Gasteiger partial charge in [-0.15, -0.1) is 0 Å². The number of carbonyl (C=O) groups is 2. The number of halogens is 1. The lowest BCUT2D eigenvalue weighted by atomic mass is 10.1. The van der Waals surface area contributed by atoms with Crippen LogP contribution in [0.1, 0.15) is 18.7 Å². The monoisotopic (exact) mass is 440 g/mol. The number of imidazole rings is 1. The minimum atomic E-state index is -0.303. The molecule has 0 bridgehead atoms. The first-order valence-corrected chi connectivity index (χ1v) is 10.2. The number of hydrogen-bond donors (Lipinski definition) is 2. The highest BCUT2D eigenvalue weighted by atomic mass is 79.9. The Kier molecular flexibility index (Phi) is 5.43. The van der Waals surface area contributed by atoms with Crippen molar-refractivity contribution in [1.82, 2.24) is 15.3 Å². The van der Waals surface area contributed by atoms with E-state index in [0.717, 1.165) is 39.9 Å². The number of amides is 2. The van der Waals surface area contributed by atoms with E-state index in [1.165, 1.54) is 0 Å². The number of nitrogens with one attached hydrogen (secondary N) is 2. The van der Waals surface area contributed by atoms with Crippen LogP contribution in [0.4, 0.5) is 5.69 Å². The number of aromatic amines is 1. The molecule has 0 unspecified atom stereocenters. The smallest absolute Gasteiger partial charge is 0.227 e. The van der Waals surface area contributed by atoms with E-state index in [9.17, 15) is 9.59 Å². The van der Waals surface area contributed by atoms with E-state index in [1.807, 2.05) is 48.5 Å². The third-order valence-electron chi connectivity index (χ3n) is 4.96. The molecule has 144 valence electrons. The molecule has 28 heavy (non-hydrogen) atoms. The van der Waals surface area contributed by atoms with Gasteiger partial charge in [0.2, 0.25) is 11.8 Å². The summed E-state index contributed by atoms with van der Waals surface area (Å²) in [4.78, 5) is 34.3. The molecular formula is C21H21BrN4O2. The largest absolute Gasteiger partial charge is 0.356 e. The van der Waals surface area contributed by atoms with Gasteiger partial charge < -0.3 is 15.2 Å². The van der Waals surface area contributed by atoms with E-state index in [4.69, 9.17) is 0 Å². The van der Waals surface area contributed by atoms with E-state index in [-0.39, 0.29) is 24.2 Å². The van der Waals surface area contributed by atoms with E-state index < -0.39 is 0 Å². The molecule has 1 saturated heterocycles. The van der Waals surface area contributed by atoms with Crippen molar-refractivity contribution in [3.8, 4) is 0 Å². The van der Waals surface area contributed by atoms with Crippen molar-refractivity contribution in [3.63, 3.8) is 0 Å². The molecule has 2 aromatic carbocycles. The Balaban J connectivity index is 1.26. The van der Waals surface area contributed by atoms with Gasteiger partial charge in [0.05, 0.1) is 17.0 Å². The summed E-state index contributed by atoms with van der Waals surface area (Å²) in [7, 11) is 0. The van der Waals surface area contributed by atoms with Crippen LogP contribution in [-0.2, 0) is 16.0 Å². The molecule has 2 amide bonds. The third-order valence-corrected chi connectivity index (χ3v) is 5.49. The van der Waals surface area contributed by atoms with Crippen molar-refractivity contribution in [2.45, 2.75) is 19.3 Å². The van der Waals surface area contributed by atoms with Gasteiger partial charge in [-0.3, -0.25) is 9.59 Å². The summed E-state index contributed by atoms with van der Waals surface area (Å²) < 4.78 is 0.960. The molecule has 1 fully saturated rings. The predicted molar refractivity (Wildman–Crippen MR) is 112 cm³/mol. The van der Waals surface area contributed by atoms with Crippen LogP contribution in [0.2, 0.25) is 0 Å². The summed E-state index contributed by atoms with van der Waals surface area (Å²) in [6, 6.07) is 15.5. The highest BCUT2D eigenvalue weighted by Gasteiger charge is 2.34. The number of H-pyrrole nitrogens is 1. The molecule has 1 atom stereocenters. The van der Waals surface area contributed by atoms with Crippen LogP contribution in [0.5, 0.6) is 0 Å². The first kappa shape index (κ1) is 18.7. The van der Waals surface area contributed by atoms with Crippen LogP contribution in [0.15, 0.2) is 53.0 Å². The van der Waals surface area contributed by atoms with E-state index in [0.29, 0.717) is 13.1 Å². The summed E-state index contributed by atoms with van der Waals surface area (Å²) in [6.07, 6.45) is 1.82. The van der Waals surface area contributed by atoms with Gasteiger partial charge >= 0.3 is 0 Å². The molecule has 2 heterocycles. The zero-order chi connectivity index (χ0) is 19.5. The number of aryl methyl sites for hydroxylation is 1. The lowest BCUT2D eigenvalue weighted by Gasteiger charge is -2.16. The number of benzene rings is 2. The Morgan fingerprint density at radius 3 is 2.79 bits per heavy atom. The minimum Gasteiger partial charge on any atom is -0.356 e. The lowest BCUT2D eigenvalue weighted by Crippen LogP contribution is -2.33. The SMILES string of the molecule is O=C(NCCCc1nc2ccccc2[nH]1)[C@H]1CC(=O)N(c2ccc(Br)cc2)C1. The fraction of sp³-hybridized carbons (Fsp3) is 0.286. The Morgan fingerprint density at radius 1 is 1.21 bits per heavy atom. The maximum absolute atomic E-state index is 12.5. The van der Waals surface area contributed by atoms with Gasteiger partial charge in [-0.25, -0.2) is 4.98 Å². The number of para-hydroxylation sites is 2. The van der Waals surface area contributed by atoms with Crippen molar-refractivity contribution in [2.75, 3.05) is 18.0 Å². The third kappa shape index (κ3) is 4.09. The molecule has 0 saturated carbocycles.